The molecule has 112 valence electrons. The Labute approximate surface area is 109 Å². The van der Waals surface area contributed by atoms with E-state index in [1.807, 2.05) is 0 Å². The van der Waals surface area contributed by atoms with Crippen LogP contribution >= 0.6 is 0 Å². The van der Waals surface area contributed by atoms with Gasteiger partial charge in [0, 0.05) is 13.1 Å². The topological polar surface area (TPSA) is 61.8 Å². The number of carbonyl (C=O) groups is 1. The second kappa shape index (κ2) is 6.95. The number of amides is 2. The van der Waals surface area contributed by atoms with Crippen LogP contribution in [0.25, 0.3) is 0 Å². The minimum Gasteiger partial charge on any atom is -0.393 e. The molecule has 1 heterocycles. The molecule has 1 fully saturated rings. The summed E-state index contributed by atoms with van der Waals surface area (Å²) in [4.78, 5) is 13.2. The van der Waals surface area contributed by atoms with Gasteiger partial charge in [-0.15, -0.1) is 0 Å². The van der Waals surface area contributed by atoms with Crippen molar-refractivity contribution < 1.29 is 27.8 Å². The van der Waals surface area contributed by atoms with E-state index in [-0.39, 0.29) is 12.6 Å². The number of ether oxygens (including phenoxy) is 1. The molecule has 1 aliphatic rings. The average molecular weight is 284 g/mol. The summed E-state index contributed by atoms with van der Waals surface area (Å²) in [6.45, 7) is 2.10. The predicted octanol–water partition coefficient (Wildman–Crippen LogP) is 1.12. The fourth-order valence-corrected chi connectivity index (χ4v) is 1.92. The maximum atomic E-state index is 12.0. The Bertz CT molecular complexity index is 297. The van der Waals surface area contributed by atoms with Crippen LogP contribution < -0.4 is 5.32 Å². The van der Waals surface area contributed by atoms with E-state index in [1.54, 1.807) is 6.92 Å². The quantitative estimate of drug-likeness (QED) is 0.813. The zero-order valence-electron chi connectivity index (χ0n) is 10.7. The summed E-state index contributed by atoms with van der Waals surface area (Å²) in [5.74, 6) is 0. The molecule has 1 rings (SSSR count). The highest BCUT2D eigenvalue weighted by Gasteiger charge is 2.30. The Morgan fingerprint density at radius 3 is 2.84 bits per heavy atom. The monoisotopic (exact) mass is 284 g/mol. The van der Waals surface area contributed by atoms with Crippen molar-refractivity contribution in [1.29, 1.82) is 0 Å². The van der Waals surface area contributed by atoms with Crippen LogP contribution in [-0.2, 0) is 4.74 Å². The van der Waals surface area contributed by atoms with Crippen LogP contribution in [0.4, 0.5) is 18.0 Å². The number of hydrogen-bond donors (Lipinski definition) is 2. The Morgan fingerprint density at radius 1 is 1.58 bits per heavy atom. The van der Waals surface area contributed by atoms with E-state index < -0.39 is 31.3 Å². The predicted molar refractivity (Wildman–Crippen MR) is 61.7 cm³/mol. The Kier molecular flexibility index (Phi) is 5.86. The lowest BCUT2D eigenvalue weighted by atomic mass is 10.1. The van der Waals surface area contributed by atoms with E-state index in [0.29, 0.717) is 19.6 Å². The molecule has 0 aromatic heterocycles. The van der Waals surface area contributed by atoms with Crippen molar-refractivity contribution in [2.75, 3.05) is 26.3 Å². The number of nitrogens with zero attached hydrogens (tertiary/aromatic N) is 1. The molecule has 0 aromatic rings. The second-order valence-electron chi connectivity index (χ2n) is 4.60. The summed E-state index contributed by atoms with van der Waals surface area (Å²) in [6, 6.07) is -0.849. The summed E-state index contributed by atoms with van der Waals surface area (Å²) >= 11 is 0. The van der Waals surface area contributed by atoms with Gasteiger partial charge in [0.05, 0.1) is 31.8 Å². The van der Waals surface area contributed by atoms with Crippen LogP contribution in [0, 0.1) is 0 Å². The van der Waals surface area contributed by atoms with Crippen molar-refractivity contribution in [2.24, 2.45) is 0 Å². The van der Waals surface area contributed by atoms with Gasteiger partial charge in [-0.25, -0.2) is 4.79 Å². The third-order valence-corrected chi connectivity index (χ3v) is 2.79. The van der Waals surface area contributed by atoms with Gasteiger partial charge in [-0.3, -0.25) is 0 Å². The lowest BCUT2D eigenvalue weighted by Gasteiger charge is -2.36. The molecule has 0 bridgehead atoms. The Hall–Kier alpha value is -1.02. The third-order valence-electron chi connectivity index (χ3n) is 2.79. The molecule has 2 atom stereocenters. The molecule has 8 heteroatoms. The molecule has 2 amide bonds. The molecule has 19 heavy (non-hydrogen) atoms. The van der Waals surface area contributed by atoms with Crippen molar-refractivity contribution in [3.8, 4) is 0 Å². The lowest BCUT2D eigenvalue weighted by Crippen LogP contribution is -2.53. The molecule has 2 N–H and O–H groups in total. The van der Waals surface area contributed by atoms with Gasteiger partial charge in [-0.05, 0) is 13.3 Å². The molecule has 1 saturated heterocycles. The average Bonchev–Trinajstić information content (AvgIpc) is 2.27. The summed E-state index contributed by atoms with van der Waals surface area (Å²) in [5, 5.41) is 11.6. The van der Waals surface area contributed by atoms with Crippen LogP contribution in [-0.4, -0.2) is 60.7 Å². The molecule has 0 aliphatic carbocycles. The molecule has 0 unspecified atom stereocenters. The second-order valence-corrected chi connectivity index (χ2v) is 4.60. The standard InChI is InChI=1S/C11H19F3N2O3/c1-8(17)6-9-7-19-5-4-16(9)10(18)15-3-2-11(12,13)14/h8-9,17H,2-7H2,1H3,(H,15,18)/t8-,9-/m0/s1. The number of urea groups is 1. The minimum absolute atomic E-state index is 0.289. The van der Waals surface area contributed by atoms with E-state index in [2.05, 4.69) is 5.32 Å². The minimum atomic E-state index is -4.28. The Morgan fingerprint density at radius 2 is 2.26 bits per heavy atom. The molecule has 0 aromatic carbocycles. The number of halogens is 3. The van der Waals surface area contributed by atoms with Crippen molar-refractivity contribution in [2.45, 2.75) is 38.1 Å². The highest BCUT2D eigenvalue weighted by molar-refractivity contribution is 5.74. The fourth-order valence-electron chi connectivity index (χ4n) is 1.92. The van der Waals surface area contributed by atoms with Gasteiger partial charge in [0.1, 0.15) is 0 Å². The van der Waals surface area contributed by atoms with Gasteiger partial charge < -0.3 is 20.1 Å². The fraction of sp³-hybridized carbons (Fsp3) is 0.909. The van der Waals surface area contributed by atoms with Gasteiger partial charge in [-0.1, -0.05) is 0 Å². The summed E-state index contributed by atoms with van der Waals surface area (Å²) in [6.07, 6.45) is -5.59. The summed E-state index contributed by atoms with van der Waals surface area (Å²) < 4.78 is 41.1. The molecule has 1 aliphatic heterocycles. The van der Waals surface area contributed by atoms with Gasteiger partial charge in [-0.2, -0.15) is 13.2 Å². The SMILES string of the molecule is C[C@H](O)C[C@H]1COCCN1C(=O)NCCC(F)(F)F. The largest absolute Gasteiger partial charge is 0.393 e. The molecular formula is C11H19F3N2O3. The number of rotatable bonds is 4. The maximum Gasteiger partial charge on any atom is 0.390 e. The van der Waals surface area contributed by atoms with Crippen molar-refractivity contribution in [3.63, 3.8) is 0 Å². The summed E-state index contributed by atoms with van der Waals surface area (Å²) in [5.41, 5.74) is 0. The number of carbonyl (C=O) groups excluding carboxylic acids is 1. The zero-order valence-corrected chi connectivity index (χ0v) is 10.7. The number of aliphatic hydroxyl groups excluding tert-OH is 1. The number of aliphatic hydroxyl groups is 1. The third kappa shape index (κ3) is 6.11. The number of alkyl halides is 3. The highest BCUT2D eigenvalue weighted by Crippen LogP contribution is 2.18. The van der Waals surface area contributed by atoms with E-state index >= 15 is 0 Å². The van der Waals surface area contributed by atoms with E-state index in [0.717, 1.165) is 0 Å². The first-order valence-electron chi connectivity index (χ1n) is 6.16. The first-order valence-corrected chi connectivity index (χ1v) is 6.16. The smallest absolute Gasteiger partial charge is 0.390 e. The van der Waals surface area contributed by atoms with Crippen LogP contribution in [0.2, 0.25) is 0 Å². The Balaban J connectivity index is 2.43. The zero-order chi connectivity index (χ0) is 14.5. The van der Waals surface area contributed by atoms with Gasteiger partial charge in [0.2, 0.25) is 0 Å². The lowest BCUT2D eigenvalue weighted by molar-refractivity contribution is -0.133. The first-order chi connectivity index (χ1) is 8.79. The van der Waals surface area contributed by atoms with Gasteiger partial charge >= 0.3 is 12.2 Å². The molecule has 5 nitrogen and oxygen atoms in total. The van der Waals surface area contributed by atoms with Crippen LogP contribution in [0.15, 0.2) is 0 Å². The highest BCUT2D eigenvalue weighted by atomic mass is 19.4. The number of nitrogens with one attached hydrogen (secondary N) is 1. The molecule has 0 radical (unpaired) electrons. The number of morpholine rings is 1. The van der Waals surface area contributed by atoms with Crippen molar-refractivity contribution in [3.05, 3.63) is 0 Å². The van der Waals surface area contributed by atoms with Crippen LogP contribution in [0.1, 0.15) is 19.8 Å². The van der Waals surface area contributed by atoms with Crippen molar-refractivity contribution in [1.82, 2.24) is 10.2 Å². The van der Waals surface area contributed by atoms with E-state index in [9.17, 15) is 23.1 Å². The van der Waals surface area contributed by atoms with E-state index in [1.165, 1.54) is 4.90 Å². The molecular weight excluding hydrogens is 265 g/mol. The van der Waals surface area contributed by atoms with Gasteiger partial charge in [0.25, 0.3) is 0 Å². The van der Waals surface area contributed by atoms with E-state index in [4.69, 9.17) is 4.74 Å². The molecule has 0 saturated carbocycles. The van der Waals surface area contributed by atoms with Gasteiger partial charge in [0.15, 0.2) is 0 Å². The normalized spacial score (nSPS) is 22.2. The van der Waals surface area contributed by atoms with Crippen LogP contribution in [0.3, 0.4) is 0 Å². The molecule has 0 spiro atoms. The number of hydrogen-bond acceptors (Lipinski definition) is 3. The van der Waals surface area contributed by atoms with Crippen LogP contribution in [0.5, 0.6) is 0 Å². The maximum absolute atomic E-state index is 12.0. The van der Waals surface area contributed by atoms with Crippen molar-refractivity contribution >= 4 is 6.03 Å². The summed E-state index contributed by atoms with van der Waals surface area (Å²) in [7, 11) is 0. The first kappa shape index (κ1) is 16.0.